The van der Waals surface area contributed by atoms with Gasteiger partial charge in [-0.3, -0.25) is 14.7 Å². The van der Waals surface area contributed by atoms with Crippen LogP contribution >= 0.6 is 0 Å². The Balaban J connectivity index is 1.44. The Hall–Kier alpha value is -2.08. The molecule has 1 amide bonds. The zero-order valence-corrected chi connectivity index (χ0v) is 17.4. The van der Waals surface area contributed by atoms with Crippen LogP contribution in [0.15, 0.2) is 35.3 Å². The minimum absolute atomic E-state index is 0.0222. The topological polar surface area (TPSA) is 68.8 Å². The first-order valence-corrected chi connectivity index (χ1v) is 10.6. The molecule has 3 N–H and O–H groups in total. The van der Waals surface area contributed by atoms with E-state index in [0.29, 0.717) is 31.2 Å². The maximum Gasteiger partial charge on any atom is 0.222 e. The average Bonchev–Trinajstić information content (AvgIpc) is 2.93. The number of hydrogen-bond donors (Lipinski definition) is 3. The number of amides is 1. The number of piperidine rings is 1. The summed E-state index contributed by atoms with van der Waals surface area (Å²) in [5, 5.41) is 9.85. The van der Waals surface area contributed by atoms with Crippen molar-refractivity contribution in [3.63, 3.8) is 0 Å². The smallest absolute Gasteiger partial charge is 0.222 e. The fourth-order valence-electron chi connectivity index (χ4n) is 4.40. The van der Waals surface area contributed by atoms with Crippen molar-refractivity contribution < 1.29 is 4.79 Å². The fraction of sp³-hybridized carbons (Fsp3) is 0.636. The van der Waals surface area contributed by atoms with Crippen LogP contribution in [0.4, 0.5) is 0 Å². The first-order valence-electron chi connectivity index (χ1n) is 10.6. The number of nitrogens with one attached hydrogen (secondary N) is 3. The third kappa shape index (κ3) is 5.47. The van der Waals surface area contributed by atoms with Crippen molar-refractivity contribution in [2.75, 3.05) is 20.1 Å². The number of benzene rings is 1. The number of rotatable bonds is 7. The number of fused-ring (bicyclic) bond motifs is 2. The van der Waals surface area contributed by atoms with E-state index in [1.165, 1.54) is 18.4 Å². The van der Waals surface area contributed by atoms with Crippen LogP contribution in [0.2, 0.25) is 0 Å². The molecule has 0 spiro atoms. The minimum atomic E-state index is 0.0222. The highest BCUT2D eigenvalue weighted by Gasteiger charge is 2.40. The van der Waals surface area contributed by atoms with Crippen molar-refractivity contribution in [2.45, 2.75) is 64.2 Å². The van der Waals surface area contributed by atoms with Gasteiger partial charge in [0.15, 0.2) is 5.96 Å². The van der Waals surface area contributed by atoms with Gasteiger partial charge in [-0.05, 0) is 31.2 Å². The summed E-state index contributed by atoms with van der Waals surface area (Å²) in [4.78, 5) is 18.7. The Bertz CT molecular complexity index is 646. The maximum atomic E-state index is 11.6. The number of nitrogens with zero attached hydrogens (tertiary/aromatic N) is 2. The minimum Gasteiger partial charge on any atom is -0.355 e. The van der Waals surface area contributed by atoms with Gasteiger partial charge in [0.25, 0.3) is 0 Å². The van der Waals surface area contributed by atoms with Gasteiger partial charge in [0.2, 0.25) is 5.91 Å². The van der Waals surface area contributed by atoms with Crippen molar-refractivity contribution in [1.82, 2.24) is 20.9 Å². The summed E-state index contributed by atoms with van der Waals surface area (Å²) in [5.74, 6) is 0.945. The molecule has 1 aromatic rings. The van der Waals surface area contributed by atoms with Gasteiger partial charge in [0.05, 0.1) is 0 Å². The quantitative estimate of drug-likeness (QED) is 0.382. The van der Waals surface area contributed by atoms with Crippen LogP contribution in [0.3, 0.4) is 0 Å². The van der Waals surface area contributed by atoms with Gasteiger partial charge >= 0.3 is 0 Å². The summed E-state index contributed by atoms with van der Waals surface area (Å²) in [6.45, 7) is 6.16. The second-order valence-electron chi connectivity index (χ2n) is 8.30. The number of carbonyl (C=O) groups excluding carboxylic acids is 1. The van der Waals surface area contributed by atoms with Crippen LogP contribution in [-0.2, 0) is 11.3 Å². The predicted octanol–water partition coefficient (Wildman–Crippen LogP) is 2.12. The molecule has 1 aromatic carbocycles. The van der Waals surface area contributed by atoms with Crippen molar-refractivity contribution in [3.05, 3.63) is 35.9 Å². The first kappa shape index (κ1) is 20.6. The Morgan fingerprint density at radius 1 is 1.11 bits per heavy atom. The molecule has 2 unspecified atom stereocenters. The van der Waals surface area contributed by atoms with Crippen LogP contribution in [0.5, 0.6) is 0 Å². The second-order valence-corrected chi connectivity index (χ2v) is 8.30. The number of guanidine groups is 1. The van der Waals surface area contributed by atoms with Crippen molar-refractivity contribution >= 4 is 11.9 Å². The van der Waals surface area contributed by atoms with Crippen LogP contribution < -0.4 is 16.0 Å². The van der Waals surface area contributed by atoms with Gasteiger partial charge in [0.1, 0.15) is 0 Å². The molecule has 0 aromatic heterocycles. The molecule has 2 atom stereocenters. The van der Waals surface area contributed by atoms with Crippen LogP contribution in [0.25, 0.3) is 0 Å². The molecule has 2 heterocycles. The molecule has 3 rings (SSSR count). The third-order valence-electron chi connectivity index (χ3n) is 5.90. The lowest BCUT2D eigenvalue weighted by Crippen LogP contribution is -2.53. The highest BCUT2D eigenvalue weighted by molar-refractivity contribution is 5.80. The summed E-state index contributed by atoms with van der Waals surface area (Å²) in [6.07, 6.45) is 4.91. The molecule has 0 aliphatic carbocycles. The molecule has 0 radical (unpaired) electrons. The summed E-state index contributed by atoms with van der Waals surface area (Å²) >= 11 is 0. The zero-order chi connectivity index (χ0) is 19.9. The number of aliphatic imine (C=N–C) groups is 1. The highest BCUT2D eigenvalue weighted by Crippen LogP contribution is 2.36. The molecular weight excluding hydrogens is 350 g/mol. The van der Waals surface area contributed by atoms with Crippen LogP contribution in [0, 0.1) is 5.92 Å². The van der Waals surface area contributed by atoms with E-state index < -0.39 is 0 Å². The van der Waals surface area contributed by atoms with E-state index in [-0.39, 0.29) is 11.8 Å². The molecule has 2 aliphatic rings. The molecule has 2 aliphatic heterocycles. The predicted molar refractivity (Wildman–Crippen MR) is 114 cm³/mol. The van der Waals surface area contributed by atoms with E-state index in [0.717, 1.165) is 25.3 Å². The van der Waals surface area contributed by atoms with Crippen molar-refractivity contribution in [1.29, 1.82) is 0 Å². The molecule has 0 saturated carbocycles. The van der Waals surface area contributed by atoms with Gasteiger partial charge in [-0.25, -0.2) is 0 Å². The molecule has 154 valence electrons. The Morgan fingerprint density at radius 3 is 2.36 bits per heavy atom. The lowest BCUT2D eigenvalue weighted by atomic mass is 9.96. The van der Waals surface area contributed by atoms with E-state index in [4.69, 9.17) is 0 Å². The molecule has 2 bridgehead atoms. The Morgan fingerprint density at radius 2 is 1.75 bits per heavy atom. The summed E-state index contributed by atoms with van der Waals surface area (Å²) in [5.41, 5.74) is 1.41. The van der Waals surface area contributed by atoms with Gasteiger partial charge in [-0.2, -0.15) is 0 Å². The third-order valence-corrected chi connectivity index (χ3v) is 5.90. The van der Waals surface area contributed by atoms with Gasteiger partial charge < -0.3 is 16.0 Å². The standard InChI is InChI=1S/C22H35N5O/c1-16(2)21(28)24-11-12-25-22(23-3)26-18-13-19-9-10-20(14-18)27(19)15-17-7-5-4-6-8-17/h4-8,16,18-20H,9-15H2,1-3H3,(H,24,28)(H2,23,25,26). The van der Waals surface area contributed by atoms with Crippen molar-refractivity contribution in [2.24, 2.45) is 10.9 Å². The lowest BCUT2D eigenvalue weighted by molar-refractivity contribution is -0.123. The van der Waals surface area contributed by atoms with Crippen LogP contribution in [-0.4, -0.2) is 55.0 Å². The molecule has 2 saturated heterocycles. The van der Waals surface area contributed by atoms with Gasteiger partial charge in [0, 0.05) is 50.7 Å². The van der Waals surface area contributed by atoms with E-state index in [1.54, 1.807) is 7.05 Å². The van der Waals surface area contributed by atoms with Gasteiger partial charge in [-0.15, -0.1) is 0 Å². The second kappa shape index (κ2) is 9.92. The monoisotopic (exact) mass is 385 g/mol. The maximum absolute atomic E-state index is 11.6. The summed E-state index contributed by atoms with van der Waals surface area (Å²) < 4.78 is 0. The molecule has 28 heavy (non-hydrogen) atoms. The zero-order valence-electron chi connectivity index (χ0n) is 17.4. The largest absolute Gasteiger partial charge is 0.355 e. The van der Waals surface area contributed by atoms with Gasteiger partial charge in [-0.1, -0.05) is 44.2 Å². The fourth-order valence-corrected chi connectivity index (χ4v) is 4.40. The average molecular weight is 386 g/mol. The molecule has 6 heteroatoms. The SMILES string of the molecule is CN=C(NCCNC(=O)C(C)C)NC1CC2CCC(C1)N2Cc1ccccc1. The summed E-state index contributed by atoms with van der Waals surface area (Å²) in [6, 6.07) is 12.6. The van der Waals surface area contributed by atoms with E-state index in [1.807, 2.05) is 13.8 Å². The van der Waals surface area contributed by atoms with E-state index in [9.17, 15) is 4.79 Å². The molecular formula is C22H35N5O. The van der Waals surface area contributed by atoms with Crippen LogP contribution in [0.1, 0.15) is 45.1 Å². The van der Waals surface area contributed by atoms with E-state index in [2.05, 4.69) is 56.2 Å². The Labute approximate surface area is 169 Å². The van der Waals surface area contributed by atoms with E-state index >= 15 is 0 Å². The number of carbonyl (C=O) groups is 1. The summed E-state index contributed by atoms with van der Waals surface area (Å²) in [7, 11) is 1.81. The highest BCUT2D eigenvalue weighted by atomic mass is 16.1. The lowest BCUT2D eigenvalue weighted by Gasteiger charge is -2.39. The van der Waals surface area contributed by atoms with Crippen molar-refractivity contribution in [3.8, 4) is 0 Å². The molecule has 2 fully saturated rings. The Kier molecular flexibility index (Phi) is 7.31. The molecule has 6 nitrogen and oxygen atoms in total. The normalized spacial score (nSPS) is 25.0. The number of hydrogen-bond acceptors (Lipinski definition) is 3. The first-order chi connectivity index (χ1) is 13.6.